The number of nitro benzene ring substituents is 1. The number of benzene rings is 2. The highest BCUT2D eigenvalue weighted by molar-refractivity contribution is 5.94. The Morgan fingerprint density at radius 3 is 2.60 bits per heavy atom. The summed E-state index contributed by atoms with van der Waals surface area (Å²) in [5.41, 5.74) is 1.74. The van der Waals surface area contributed by atoms with E-state index < -0.39 is 11.0 Å². The number of carbonyl (C=O) groups is 1. The molecule has 0 bridgehead atoms. The van der Waals surface area contributed by atoms with Crippen LogP contribution in [0.15, 0.2) is 48.5 Å². The number of nitro groups is 1. The highest BCUT2D eigenvalue weighted by Gasteiger charge is 2.18. The molecule has 0 spiro atoms. The summed E-state index contributed by atoms with van der Waals surface area (Å²) in [5, 5.41) is 25.6. The van der Waals surface area contributed by atoms with Crippen LogP contribution >= 0.6 is 0 Å². The van der Waals surface area contributed by atoms with Crippen LogP contribution in [-0.4, -0.2) is 16.9 Å². The van der Waals surface area contributed by atoms with Gasteiger partial charge in [-0.25, -0.2) is 0 Å². The van der Waals surface area contributed by atoms with Gasteiger partial charge in [0, 0.05) is 23.9 Å². The van der Waals surface area contributed by atoms with E-state index in [-0.39, 0.29) is 17.6 Å². The maximum Gasteiger partial charge on any atom is 0.269 e. The molecule has 0 fully saturated rings. The number of carbonyl (C=O) groups excluding carboxylic acids is 1. The van der Waals surface area contributed by atoms with Gasteiger partial charge in [-0.1, -0.05) is 18.2 Å². The van der Waals surface area contributed by atoms with Crippen molar-refractivity contribution in [1.29, 1.82) is 5.26 Å². The van der Waals surface area contributed by atoms with E-state index in [1.54, 1.807) is 43.3 Å². The smallest absolute Gasteiger partial charge is 0.269 e. The first-order chi connectivity index (χ1) is 11.9. The molecule has 0 saturated heterocycles. The first-order valence-electron chi connectivity index (χ1n) is 7.72. The Morgan fingerprint density at radius 2 is 1.92 bits per heavy atom. The number of non-ortho nitro benzene ring substituents is 1. The van der Waals surface area contributed by atoms with Gasteiger partial charge < -0.3 is 5.32 Å². The Kier molecular flexibility index (Phi) is 5.82. The monoisotopic (exact) mass is 338 g/mol. The summed E-state index contributed by atoms with van der Waals surface area (Å²) in [7, 11) is 0. The van der Waals surface area contributed by atoms with Crippen LogP contribution in [0.4, 0.5) is 11.4 Å². The van der Waals surface area contributed by atoms with E-state index in [9.17, 15) is 14.9 Å². The summed E-state index contributed by atoms with van der Waals surface area (Å²) in [6, 6.07) is 14.2. The van der Waals surface area contributed by atoms with E-state index in [1.165, 1.54) is 12.1 Å². The molecule has 1 amide bonds. The molecule has 7 nitrogen and oxygen atoms in total. The fourth-order valence-electron chi connectivity index (χ4n) is 2.37. The highest BCUT2D eigenvalue weighted by Crippen LogP contribution is 2.19. The molecule has 2 aromatic carbocycles. The summed E-state index contributed by atoms with van der Waals surface area (Å²) in [6.45, 7) is 3.54. The summed E-state index contributed by atoms with van der Waals surface area (Å²) >= 11 is 0. The molecule has 0 aliphatic rings. The average Bonchev–Trinajstić information content (AvgIpc) is 2.61. The van der Waals surface area contributed by atoms with Gasteiger partial charge in [-0.2, -0.15) is 5.26 Å². The Bertz CT molecular complexity index is 829. The van der Waals surface area contributed by atoms with E-state index in [1.807, 2.05) is 13.0 Å². The van der Waals surface area contributed by atoms with Crippen molar-refractivity contribution >= 4 is 17.3 Å². The minimum Gasteiger partial charge on any atom is -0.325 e. The van der Waals surface area contributed by atoms with E-state index in [4.69, 9.17) is 5.26 Å². The van der Waals surface area contributed by atoms with Gasteiger partial charge in [-0.15, -0.1) is 0 Å². The third kappa shape index (κ3) is 4.86. The number of hydrogen-bond acceptors (Lipinski definition) is 5. The molecule has 0 aromatic heterocycles. The quantitative estimate of drug-likeness (QED) is 0.621. The maximum absolute atomic E-state index is 12.3. The molecule has 0 aliphatic carbocycles. The number of nitrogens with one attached hydrogen (secondary N) is 2. The van der Waals surface area contributed by atoms with Crippen molar-refractivity contribution < 1.29 is 9.72 Å². The predicted molar refractivity (Wildman–Crippen MR) is 93.9 cm³/mol. The van der Waals surface area contributed by atoms with E-state index >= 15 is 0 Å². The molecule has 2 N–H and O–H groups in total. The second-order valence-electron chi connectivity index (χ2n) is 5.64. The van der Waals surface area contributed by atoms with Crippen LogP contribution in [0.2, 0.25) is 0 Å². The average molecular weight is 338 g/mol. The molecule has 2 rings (SSSR count). The standard InChI is InChI=1S/C18H18N4O3/c1-12(15-6-4-8-17(10-15)22(24)25)20-13(2)18(23)21-16-7-3-5-14(9-16)11-19/h3-10,12-13,20H,1-2H3,(H,21,23)/t12-,13+/m1/s1. The van der Waals surface area contributed by atoms with Crippen molar-refractivity contribution in [2.75, 3.05) is 5.32 Å². The fourth-order valence-corrected chi connectivity index (χ4v) is 2.37. The topological polar surface area (TPSA) is 108 Å². The maximum atomic E-state index is 12.3. The van der Waals surface area contributed by atoms with Crippen molar-refractivity contribution in [2.45, 2.75) is 25.9 Å². The lowest BCUT2D eigenvalue weighted by atomic mass is 10.1. The number of nitrogens with zero attached hydrogens (tertiary/aromatic N) is 2. The zero-order valence-electron chi connectivity index (χ0n) is 13.9. The summed E-state index contributed by atoms with van der Waals surface area (Å²) in [5.74, 6) is -0.257. The molecule has 7 heteroatoms. The van der Waals surface area contributed by atoms with Crippen LogP contribution < -0.4 is 10.6 Å². The minimum atomic E-state index is -0.528. The van der Waals surface area contributed by atoms with Crippen LogP contribution in [0.25, 0.3) is 0 Å². The fraction of sp³-hybridized carbons (Fsp3) is 0.222. The Hall–Kier alpha value is -3.24. The van der Waals surface area contributed by atoms with Crippen molar-refractivity contribution in [3.05, 3.63) is 69.8 Å². The first kappa shape index (κ1) is 18.1. The van der Waals surface area contributed by atoms with Gasteiger partial charge >= 0.3 is 0 Å². The third-order valence-corrected chi connectivity index (χ3v) is 3.73. The second kappa shape index (κ2) is 8.04. The number of nitriles is 1. The lowest BCUT2D eigenvalue weighted by Gasteiger charge is -2.20. The lowest BCUT2D eigenvalue weighted by Crippen LogP contribution is -2.39. The normalized spacial score (nSPS) is 12.7. The van der Waals surface area contributed by atoms with E-state index in [0.717, 1.165) is 5.56 Å². The van der Waals surface area contributed by atoms with Crippen LogP contribution in [0.3, 0.4) is 0 Å². The minimum absolute atomic E-state index is 0.0107. The summed E-state index contributed by atoms with van der Waals surface area (Å²) in [4.78, 5) is 22.7. The molecular weight excluding hydrogens is 320 g/mol. The van der Waals surface area contributed by atoms with Gasteiger partial charge in [0.15, 0.2) is 0 Å². The van der Waals surface area contributed by atoms with E-state index in [0.29, 0.717) is 11.3 Å². The van der Waals surface area contributed by atoms with Crippen LogP contribution in [0, 0.1) is 21.4 Å². The molecule has 0 heterocycles. The second-order valence-corrected chi connectivity index (χ2v) is 5.64. The van der Waals surface area contributed by atoms with Gasteiger partial charge in [-0.3, -0.25) is 20.2 Å². The number of anilines is 1. The van der Waals surface area contributed by atoms with Crippen molar-refractivity contribution in [2.24, 2.45) is 0 Å². The molecule has 0 unspecified atom stereocenters. The molecule has 25 heavy (non-hydrogen) atoms. The molecule has 2 atom stereocenters. The van der Waals surface area contributed by atoms with Gasteiger partial charge in [0.05, 0.1) is 22.6 Å². The SMILES string of the molecule is C[C@H](N[C@H](C)c1cccc([N+](=O)[O-])c1)C(=O)Nc1cccc(C#N)c1. The number of amides is 1. The predicted octanol–water partition coefficient (Wildman–Crippen LogP) is 3.14. The lowest BCUT2D eigenvalue weighted by molar-refractivity contribution is -0.384. The Balaban J connectivity index is 2.01. The zero-order chi connectivity index (χ0) is 18.4. The summed E-state index contributed by atoms with van der Waals surface area (Å²) in [6.07, 6.45) is 0. The van der Waals surface area contributed by atoms with Gasteiger partial charge in [0.1, 0.15) is 0 Å². The molecule has 2 aromatic rings. The van der Waals surface area contributed by atoms with E-state index in [2.05, 4.69) is 10.6 Å². The van der Waals surface area contributed by atoms with Crippen molar-refractivity contribution in [1.82, 2.24) is 5.32 Å². The van der Waals surface area contributed by atoms with Crippen LogP contribution in [-0.2, 0) is 4.79 Å². The van der Waals surface area contributed by atoms with Gasteiger partial charge in [0.25, 0.3) is 5.69 Å². The molecule has 0 radical (unpaired) electrons. The number of hydrogen-bond donors (Lipinski definition) is 2. The van der Waals surface area contributed by atoms with Crippen molar-refractivity contribution in [3.63, 3.8) is 0 Å². The van der Waals surface area contributed by atoms with Crippen LogP contribution in [0.5, 0.6) is 0 Å². The Morgan fingerprint density at radius 1 is 1.20 bits per heavy atom. The zero-order valence-corrected chi connectivity index (χ0v) is 13.9. The molecular formula is C18H18N4O3. The summed E-state index contributed by atoms with van der Waals surface area (Å²) < 4.78 is 0. The molecule has 0 saturated carbocycles. The first-order valence-corrected chi connectivity index (χ1v) is 7.72. The molecule has 128 valence electrons. The van der Waals surface area contributed by atoms with Gasteiger partial charge in [-0.05, 0) is 37.6 Å². The van der Waals surface area contributed by atoms with Gasteiger partial charge in [0.2, 0.25) is 5.91 Å². The third-order valence-electron chi connectivity index (χ3n) is 3.73. The Labute approximate surface area is 145 Å². The largest absolute Gasteiger partial charge is 0.325 e. The van der Waals surface area contributed by atoms with Crippen LogP contribution in [0.1, 0.15) is 31.0 Å². The number of rotatable bonds is 6. The highest BCUT2D eigenvalue weighted by atomic mass is 16.6. The molecule has 0 aliphatic heterocycles. The van der Waals surface area contributed by atoms with Crippen molar-refractivity contribution in [3.8, 4) is 6.07 Å².